The standard InChI is InChI=1S/C15H19N5O3S/c21-12-8-20(9-13-18-4-6-24-13)5-1-15(12,23)10-19-14(22)11-7-16-2-3-17-11/h2-4,6-7,12,21,23H,1,5,8-10H2,(H,19,22)/t12-,15-/m1/s1. The number of amides is 1. The summed E-state index contributed by atoms with van der Waals surface area (Å²) in [6.45, 7) is 1.57. The maximum absolute atomic E-state index is 12.0. The number of rotatable bonds is 5. The van der Waals surface area contributed by atoms with Gasteiger partial charge in [-0.2, -0.15) is 0 Å². The molecule has 1 amide bonds. The van der Waals surface area contributed by atoms with Crippen molar-refractivity contribution in [2.24, 2.45) is 0 Å². The molecule has 2 aromatic rings. The van der Waals surface area contributed by atoms with Crippen molar-refractivity contribution in [3.63, 3.8) is 0 Å². The van der Waals surface area contributed by atoms with E-state index >= 15 is 0 Å². The van der Waals surface area contributed by atoms with Crippen molar-refractivity contribution in [1.82, 2.24) is 25.2 Å². The lowest BCUT2D eigenvalue weighted by Crippen LogP contribution is -2.60. The van der Waals surface area contributed by atoms with Crippen molar-refractivity contribution in [2.45, 2.75) is 24.7 Å². The van der Waals surface area contributed by atoms with Crippen molar-refractivity contribution in [3.8, 4) is 0 Å². The minimum atomic E-state index is -1.35. The topological polar surface area (TPSA) is 111 Å². The number of nitrogens with zero attached hydrogens (tertiary/aromatic N) is 4. The van der Waals surface area contributed by atoms with Crippen LogP contribution in [0.3, 0.4) is 0 Å². The van der Waals surface area contributed by atoms with Gasteiger partial charge in [0.2, 0.25) is 0 Å². The number of aliphatic hydroxyl groups is 2. The molecular formula is C15H19N5O3S. The average Bonchev–Trinajstić information content (AvgIpc) is 3.10. The first kappa shape index (κ1) is 16.9. The van der Waals surface area contributed by atoms with Gasteiger partial charge in [0.05, 0.1) is 18.8 Å². The van der Waals surface area contributed by atoms with Crippen LogP contribution in [0.25, 0.3) is 0 Å². The molecule has 1 aliphatic rings. The van der Waals surface area contributed by atoms with Crippen LogP contribution in [0.4, 0.5) is 0 Å². The van der Waals surface area contributed by atoms with Gasteiger partial charge in [0.1, 0.15) is 16.3 Å². The molecule has 8 nitrogen and oxygen atoms in total. The van der Waals surface area contributed by atoms with E-state index < -0.39 is 17.6 Å². The van der Waals surface area contributed by atoms with Crippen molar-refractivity contribution in [3.05, 3.63) is 40.9 Å². The fraction of sp³-hybridized carbons (Fsp3) is 0.467. The van der Waals surface area contributed by atoms with E-state index in [2.05, 4.69) is 20.3 Å². The molecule has 3 heterocycles. The van der Waals surface area contributed by atoms with Gasteiger partial charge >= 0.3 is 0 Å². The predicted octanol–water partition coefficient (Wildman–Crippen LogP) is -0.339. The second kappa shape index (κ2) is 7.31. The summed E-state index contributed by atoms with van der Waals surface area (Å²) in [5.74, 6) is -0.422. The second-order valence-corrected chi connectivity index (χ2v) is 6.78. The highest BCUT2D eigenvalue weighted by molar-refractivity contribution is 7.09. The van der Waals surface area contributed by atoms with Gasteiger partial charge in [-0.25, -0.2) is 9.97 Å². The van der Waals surface area contributed by atoms with E-state index in [4.69, 9.17) is 0 Å². The molecule has 0 unspecified atom stereocenters. The van der Waals surface area contributed by atoms with Crippen LogP contribution in [0.1, 0.15) is 21.9 Å². The van der Waals surface area contributed by atoms with E-state index in [-0.39, 0.29) is 12.2 Å². The van der Waals surface area contributed by atoms with Crippen molar-refractivity contribution >= 4 is 17.2 Å². The number of thiazole rings is 1. The largest absolute Gasteiger partial charge is 0.389 e. The molecule has 128 valence electrons. The van der Waals surface area contributed by atoms with Gasteiger partial charge in [0.15, 0.2) is 0 Å². The molecule has 3 rings (SSSR count). The summed E-state index contributed by atoms with van der Waals surface area (Å²) in [6.07, 6.45) is 5.42. The first-order valence-corrected chi connectivity index (χ1v) is 8.50. The van der Waals surface area contributed by atoms with Gasteiger partial charge in [0.25, 0.3) is 5.91 Å². The maximum atomic E-state index is 12.0. The smallest absolute Gasteiger partial charge is 0.271 e. The minimum Gasteiger partial charge on any atom is -0.389 e. The summed E-state index contributed by atoms with van der Waals surface area (Å²) in [7, 11) is 0. The molecule has 0 aromatic carbocycles. The van der Waals surface area contributed by atoms with Crippen LogP contribution in [0.2, 0.25) is 0 Å². The Bertz CT molecular complexity index is 669. The fourth-order valence-electron chi connectivity index (χ4n) is 2.64. The Labute approximate surface area is 143 Å². The zero-order valence-corrected chi connectivity index (χ0v) is 13.8. The predicted molar refractivity (Wildman–Crippen MR) is 87.3 cm³/mol. The molecule has 0 radical (unpaired) electrons. The van der Waals surface area contributed by atoms with Crippen LogP contribution in [-0.4, -0.2) is 67.3 Å². The van der Waals surface area contributed by atoms with Crippen molar-refractivity contribution in [1.29, 1.82) is 0 Å². The van der Waals surface area contributed by atoms with E-state index in [1.165, 1.54) is 18.6 Å². The Morgan fingerprint density at radius 3 is 2.96 bits per heavy atom. The number of hydrogen-bond acceptors (Lipinski definition) is 8. The number of carbonyl (C=O) groups is 1. The summed E-state index contributed by atoms with van der Waals surface area (Å²) < 4.78 is 0. The van der Waals surface area contributed by atoms with E-state index in [1.54, 1.807) is 17.5 Å². The highest BCUT2D eigenvalue weighted by Gasteiger charge is 2.41. The lowest BCUT2D eigenvalue weighted by Gasteiger charge is -2.41. The Morgan fingerprint density at radius 1 is 1.42 bits per heavy atom. The molecule has 3 N–H and O–H groups in total. The molecule has 2 aromatic heterocycles. The van der Waals surface area contributed by atoms with Gasteiger partial charge in [-0.15, -0.1) is 11.3 Å². The Morgan fingerprint density at radius 2 is 2.29 bits per heavy atom. The van der Waals surface area contributed by atoms with Crippen molar-refractivity contribution in [2.75, 3.05) is 19.6 Å². The SMILES string of the molecule is O=C(NC[C@]1(O)CCN(Cc2nccs2)C[C@H]1O)c1cnccn1. The normalized spacial score (nSPS) is 24.7. The zero-order chi connectivity index (χ0) is 17.0. The number of carbonyl (C=O) groups excluding carboxylic acids is 1. The lowest BCUT2D eigenvalue weighted by atomic mass is 9.88. The van der Waals surface area contributed by atoms with Gasteiger partial charge in [-0.05, 0) is 6.42 Å². The molecule has 1 fully saturated rings. The highest BCUT2D eigenvalue weighted by Crippen LogP contribution is 2.24. The highest BCUT2D eigenvalue weighted by atomic mass is 32.1. The van der Waals surface area contributed by atoms with Crippen LogP contribution in [0.5, 0.6) is 0 Å². The van der Waals surface area contributed by atoms with Gasteiger partial charge in [-0.3, -0.25) is 14.7 Å². The van der Waals surface area contributed by atoms with E-state index in [0.29, 0.717) is 26.1 Å². The molecular weight excluding hydrogens is 330 g/mol. The number of likely N-dealkylation sites (tertiary alicyclic amines) is 1. The molecule has 2 atom stereocenters. The summed E-state index contributed by atoms with van der Waals surface area (Å²) >= 11 is 1.56. The van der Waals surface area contributed by atoms with Crippen molar-refractivity contribution < 1.29 is 15.0 Å². The molecule has 0 aliphatic carbocycles. The third-order valence-corrected chi connectivity index (χ3v) is 4.87. The Balaban J connectivity index is 1.53. The van der Waals surface area contributed by atoms with Crippen LogP contribution in [0, 0.1) is 0 Å². The molecule has 9 heteroatoms. The number of aliphatic hydroxyl groups excluding tert-OH is 1. The first-order valence-electron chi connectivity index (χ1n) is 7.62. The molecule has 0 saturated carbocycles. The minimum absolute atomic E-state index is 0.0331. The Hall–Kier alpha value is -1.94. The van der Waals surface area contributed by atoms with Gasteiger partial charge in [0, 0.05) is 43.6 Å². The average molecular weight is 349 g/mol. The van der Waals surface area contributed by atoms with Crippen LogP contribution >= 0.6 is 11.3 Å². The number of β-amino-alcohol motifs (C(OH)–C–C–N with tert-alkyl or cyclic N) is 1. The molecule has 0 spiro atoms. The summed E-state index contributed by atoms with van der Waals surface area (Å²) in [5.41, 5.74) is -1.17. The number of nitrogens with one attached hydrogen (secondary N) is 1. The monoisotopic (exact) mass is 349 g/mol. The van der Waals surface area contributed by atoms with Gasteiger partial charge in [-0.1, -0.05) is 0 Å². The van der Waals surface area contributed by atoms with E-state index in [9.17, 15) is 15.0 Å². The summed E-state index contributed by atoms with van der Waals surface area (Å²) in [5, 5.41) is 26.5. The summed E-state index contributed by atoms with van der Waals surface area (Å²) in [6, 6.07) is 0. The quantitative estimate of drug-likeness (QED) is 0.677. The molecule has 24 heavy (non-hydrogen) atoms. The van der Waals surface area contributed by atoms with Gasteiger partial charge < -0.3 is 15.5 Å². The number of piperidine rings is 1. The van der Waals surface area contributed by atoms with Crippen LogP contribution < -0.4 is 5.32 Å². The second-order valence-electron chi connectivity index (χ2n) is 5.80. The van der Waals surface area contributed by atoms with Crippen LogP contribution in [-0.2, 0) is 6.54 Å². The first-order chi connectivity index (χ1) is 11.6. The zero-order valence-electron chi connectivity index (χ0n) is 13.0. The molecule has 1 aliphatic heterocycles. The Kier molecular flexibility index (Phi) is 5.14. The third kappa shape index (κ3) is 3.93. The van der Waals surface area contributed by atoms with E-state index in [0.717, 1.165) is 5.01 Å². The maximum Gasteiger partial charge on any atom is 0.271 e. The number of hydrogen-bond donors (Lipinski definition) is 3. The summed E-state index contributed by atoms with van der Waals surface area (Å²) in [4.78, 5) is 26.0. The lowest BCUT2D eigenvalue weighted by molar-refractivity contribution is -0.116. The van der Waals surface area contributed by atoms with Crippen LogP contribution in [0.15, 0.2) is 30.2 Å². The fourth-order valence-corrected chi connectivity index (χ4v) is 3.29. The molecule has 0 bridgehead atoms. The third-order valence-electron chi connectivity index (χ3n) is 4.11. The number of aromatic nitrogens is 3. The van der Waals surface area contributed by atoms with E-state index in [1.807, 2.05) is 10.3 Å². The molecule has 1 saturated heterocycles.